The number of benzene rings is 2. The number of carbonyl (C=O) groups is 1. The first-order valence-corrected chi connectivity index (χ1v) is 7.74. The van der Waals surface area contributed by atoms with Gasteiger partial charge in [-0.25, -0.2) is 0 Å². The lowest BCUT2D eigenvalue weighted by molar-refractivity contribution is 0.102. The zero-order valence-electron chi connectivity index (χ0n) is 10.4. The van der Waals surface area contributed by atoms with Gasteiger partial charge in [0.2, 0.25) is 0 Å². The first-order chi connectivity index (χ1) is 9.10. The third-order valence-electron chi connectivity index (χ3n) is 2.82. The zero-order chi connectivity index (χ0) is 13.8. The van der Waals surface area contributed by atoms with Crippen molar-refractivity contribution >= 4 is 43.5 Å². The highest BCUT2D eigenvalue weighted by Gasteiger charge is 2.08. The molecule has 2 aromatic rings. The Morgan fingerprint density at radius 3 is 2.47 bits per heavy atom. The van der Waals surface area contributed by atoms with E-state index < -0.39 is 0 Å². The van der Waals surface area contributed by atoms with E-state index in [-0.39, 0.29) is 5.91 Å². The Balaban J connectivity index is 2.18. The van der Waals surface area contributed by atoms with Crippen LogP contribution in [0.5, 0.6) is 0 Å². The first kappa shape index (κ1) is 14.3. The Hall–Kier alpha value is -1.13. The number of amides is 1. The summed E-state index contributed by atoms with van der Waals surface area (Å²) in [6.07, 6.45) is 0. The molecule has 0 aromatic heterocycles. The fourth-order valence-corrected chi connectivity index (χ4v) is 2.40. The number of halogens is 2. The minimum absolute atomic E-state index is 0.0951. The lowest BCUT2D eigenvalue weighted by atomic mass is 10.1. The molecule has 0 spiro atoms. The highest BCUT2D eigenvalue weighted by molar-refractivity contribution is 9.10. The van der Waals surface area contributed by atoms with Gasteiger partial charge in [-0.05, 0) is 42.3 Å². The van der Waals surface area contributed by atoms with Crippen LogP contribution in [0.1, 0.15) is 21.5 Å². The van der Waals surface area contributed by atoms with E-state index in [0.717, 1.165) is 26.6 Å². The summed E-state index contributed by atoms with van der Waals surface area (Å²) in [4.78, 5) is 12.1. The van der Waals surface area contributed by atoms with E-state index in [1.165, 1.54) is 0 Å². The number of aryl methyl sites for hydroxylation is 1. The van der Waals surface area contributed by atoms with Crippen molar-refractivity contribution in [3.8, 4) is 0 Å². The Morgan fingerprint density at radius 2 is 1.84 bits per heavy atom. The number of carbonyl (C=O) groups excluding carboxylic acids is 1. The molecule has 0 aliphatic carbocycles. The smallest absolute Gasteiger partial charge is 0.255 e. The largest absolute Gasteiger partial charge is 0.322 e. The van der Waals surface area contributed by atoms with Gasteiger partial charge in [0, 0.05) is 21.1 Å². The Morgan fingerprint density at radius 1 is 1.16 bits per heavy atom. The van der Waals surface area contributed by atoms with Crippen LogP contribution in [0.3, 0.4) is 0 Å². The molecule has 1 amide bonds. The van der Waals surface area contributed by atoms with Gasteiger partial charge in [-0.15, -0.1) is 0 Å². The highest BCUT2D eigenvalue weighted by Crippen LogP contribution is 2.21. The second-order valence-electron chi connectivity index (χ2n) is 4.24. The Labute approximate surface area is 129 Å². The molecule has 1 N–H and O–H groups in total. The van der Waals surface area contributed by atoms with E-state index in [0.29, 0.717) is 5.56 Å². The average Bonchev–Trinajstić information content (AvgIpc) is 2.43. The summed E-state index contributed by atoms with van der Waals surface area (Å²) in [6, 6.07) is 13.4. The predicted octanol–water partition coefficient (Wildman–Crippen LogP) is 4.90. The number of nitrogens with one attached hydrogen (secondary N) is 1. The molecule has 0 saturated carbocycles. The second kappa shape index (κ2) is 6.35. The van der Waals surface area contributed by atoms with Gasteiger partial charge in [0.15, 0.2) is 0 Å². The van der Waals surface area contributed by atoms with Crippen LogP contribution >= 0.6 is 31.9 Å². The number of hydrogen-bond donors (Lipinski definition) is 1. The topological polar surface area (TPSA) is 29.1 Å². The maximum Gasteiger partial charge on any atom is 0.255 e. The summed E-state index contributed by atoms with van der Waals surface area (Å²) in [5.74, 6) is -0.0951. The molecule has 0 atom stereocenters. The minimum Gasteiger partial charge on any atom is -0.322 e. The van der Waals surface area contributed by atoms with Crippen LogP contribution in [0.15, 0.2) is 46.9 Å². The van der Waals surface area contributed by atoms with E-state index >= 15 is 0 Å². The molecule has 0 saturated heterocycles. The fourth-order valence-electron chi connectivity index (χ4n) is 1.67. The lowest BCUT2D eigenvalue weighted by Crippen LogP contribution is -2.12. The average molecular weight is 383 g/mol. The number of rotatable bonds is 3. The van der Waals surface area contributed by atoms with E-state index in [9.17, 15) is 4.79 Å². The van der Waals surface area contributed by atoms with Crippen LogP contribution in [-0.4, -0.2) is 5.91 Å². The summed E-state index contributed by atoms with van der Waals surface area (Å²) in [6.45, 7) is 1.97. The number of anilines is 1. The molecule has 98 valence electrons. The van der Waals surface area contributed by atoms with Crippen LogP contribution < -0.4 is 5.32 Å². The molecular formula is C15H13Br2NO. The van der Waals surface area contributed by atoms with Gasteiger partial charge in [-0.1, -0.05) is 50.1 Å². The van der Waals surface area contributed by atoms with Gasteiger partial charge in [-0.3, -0.25) is 4.79 Å². The normalized spacial score (nSPS) is 10.3. The lowest BCUT2D eigenvalue weighted by Gasteiger charge is -2.09. The van der Waals surface area contributed by atoms with Crippen LogP contribution in [0.2, 0.25) is 0 Å². The second-order valence-corrected chi connectivity index (χ2v) is 5.72. The van der Waals surface area contributed by atoms with Gasteiger partial charge in [0.1, 0.15) is 0 Å². The third kappa shape index (κ3) is 3.67. The maximum atomic E-state index is 12.1. The fraction of sp³-hybridized carbons (Fsp3) is 0.133. The van der Waals surface area contributed by atoms with Gasteiger partial charge in [-0.2, -0.15) is 0 Å². The van der Waals surface area contributed by atoms with Crippen LogP contribution in [0, 0.1) is 6.92 Å². The molecule has 0 bridgehead atoms. The van der Waals surface area contributed by atoms with E-state index in [1.807, 2.05) is 49.4 Å². The van der Waals surface area contributed by atoms with Crippen molar-refractivity contribution in [2.75, 3.05) is 5.32 Å². The summed E-state index contributed by atoms with van der Waals surface area (Å²) in [7, 11) is 0. The molecule has 0 aliphatic heterocycles. The highest BCUT2D eigenvalue weighted by atomic mass is 79.9. The Kier molecular flexibility index (Phi) is 4.77. The van der Waals surface area contributed by atoms with Crippen LogP contribution in [0.25, 0.3) is 0 Å². The standard InChI is InChI=1S/C15H13Br2NO/c1-10-2-7-13(17)8-14(10)18-15(19)12-5-3-11(9-16)4-6-12/h2-8H,9H2,1H3,(H,18,19). The van der Waals surface area contributed by atoms with Crippen LogP contribution in [0.4, 0.5) is 5.69 Å². The van der Waals surface area contributed by atoms with Crippen molar-refractivity contribution < 1.29 is 4.79 Å². The van der Waals surface area contributed by atoms with Crippen molar-refractivity contribution in [2.24, 2.45) is 0 Å². The number of alkyl halides is 1. The quantitative estimate of drug-likeness (QED) is 0.751. The van der Waals surface area contributed by atoms with Gasteiger partial charge in [0.25, 0.3) is 5.91 Å². The molecule has 2 nitrogen and oxygen atoms in total. The van der Waals surface area contributed by atoms with Gasteiger partial charge in [0.05, 0.1) is 0 Å². The SMILES string of the molecule is Cc1ccc(Br)cc1NC(=O)c1ccc(CBr)cc1. The first-order valence-electron chi connectivity index (χ1n) is 5.82. The van der Waals surface area contributed by atoms with Crippen LogP contribution in [-0.2, 0) is 5.33 Å². The summed E-state index contributed by atoms with van der Waals surface area (Å²) in [5, 5.41) is 3.72. The minimum atomic E-state index is -0.0951. The zero-order valence-corrected chi connectivity index (χ0v) is 13.6. The molecule has 2 rings (SSSR count). The number of hydrogen-bond acceptors (Lipinski definition) is 1. The molecule has 0 heterocycles. The molecular weight excluding hydrogens is 370 g/mol. The van der Waals surface area contributed by atoms with E-state index in [2.05, 4.69) is 37.2 Å². The van der Waals surface area contributed by atoms with E-state index in [1.54, 1.807) is 0 Å². The third-order valence-corrected chi connectivity index (χ3v) is 3.96. The monoisotopic (exact) mass is 381 g/mol. The van der Waals surface area contributed by atoms with Crippen molar-refractivity contribution in [3.05, 3.63) is 63.6 Å². The summed E-state index contributed by atoms with van der Waals surface area (Å²) < 4.78 is 0.947. The van der Waals surface area contributed by atoms with Crippen molar-refractivity contribution in [1.82, 2.24) is 0 Å². The molecule has 0 fully saturated rings. The summed E-state index contributed by atoms with van der Waals surface area (Å²) >= 11 is 6.79. The Bertz CT molecular complexity index is 594. The molecule has 0 radical (unpaired) electrons. The van der Waals surface area contributed by atoms with E-state index in [4.69, 9.17) is 0 Å². The maximum absolute atomic E-state index is 12.1. The van der Waals surface area contributed by atoms with Gasteiger partial charge < -0.3 is 5.32 Å². The molecule has 4 heteroatoms. The molecule has 0 unspecified atom stereocenters. The molecule has 0 aliphatic rings. The summed E-state index contributed by atoms with van der Waals surface area (Å²) in [5.41, 5.74) is 3.66. The molecule has 19 heavy (non-hydrogen) atoms. The molecule has 2 aromatic carbocycles. The predicted molar refractivity (Wildman–Crippen MR) is 85.9 cm³/mol. The van der Waals surface area contributed by atoms with Crippen molar-refractivity contribution in [3.63, 3.8) is 0 Å². The van der Waals surface area contributed by atoms with Gasteiger partial charge >= 0.3 is 0 Å². The van der Waals surface area contributed by atoms with Crippen molar-refractivity contribution in [2.45, 2.75) is 12.3 Å². The van der Waals surface area contributed by atoms with Crippen molar-refractivity contribution in [1.29, 1.82) is 0 Å².